The molecule has 0 aromatic rings. The molecule has 0 aromatic carbocycles. The second-order valence-electron chi connectivity index (χ2n) is 6.07. The molecule has 1 amide bonds. The molecule has 1 N–H and O–H groups in total. The zero-order valence-electron chi connectivity index (χ0n) is 11.4. The van der Waals surface area contributed by atoms with Crippen molar-refractivity contribution >= 4 is 5.91 Å². The van der Waals surface area contributed by atoms with Crippen molar-refractivity contribution < 1.29 is 4.79 Å². The Balaban J connectivity index is 2.37. The predicted molar refractivity (Wildman–Crippen MR) is 68.3 cm³/mol. The van der Waals surface area contributed by atoms with Crippen LogP contribution in [0.2, 0.25) is 0 Å². The van der Waals surface area contributed by atoms with Crippen LogP contribution in [-0.4, -0.2) is 11.4 Å². The Bertz CT molecular complexity index is 247. The van der Waals surface area contributed by atoms with Crippen LogP contribution >= 0.6 is 0 Å². The van der Waals surface area contributed by atoms with Gasteiger partial charge in [-0.2, -0.15) is 0 Å². The number of hydrogen-bond donors (Lipinski definition) is 1. The van der Waals surface area contributed by atoms with Gasteiger partial charge in [0.25, 0.3) is 0 Å². The van der Waals surface area contributed by atoms with Gasteiger partial charge in [0.15, 0.2) is 0 Å². The molecule has 2 heteroatoms. The molecular weight excluding hydrogens is 198 g/mol. The molecule has 1 atom stereocenters. The van der Waals surface area contributed by atoms with Gasteiger partial charge in [-0.3, -0.25) is 4.79 Å². The first-order valence-electron chi connectivity index (χ1n) is 6.72. The maximum absolute atomic E-state index is 11.5. The van der Waals surface area contributed by atoms with E-state index in [1.54, 1.807) is 0 Å². The van der Waals surface area contributed by atoms with Crippen LogP contribution in [-0.2, 0) is 4.79 Å². The lowest BCUT2D eigenvalue weighted by molar-refractivity contribution is -0.119. The zero-order chi connectivity index (χ0) is 12.2. The predicted octanol–water partition coefficient (Wildman–Crippen LogP) is 3.65. The third-order valence-corrected chi connectivity index (χ3v) is 4.34. The van der Waals surface area contributed by atoms with Crippen molar-refractivity contribution in [3.8, 4) is 0 Å². The van der Waals surface area contributed by atoms with Crippen LogP contribution in [0.4, 0.5) is 0 Å². The number of unbranched alkanes of at least 4 members (excludes halogenated alkanes) is 4. The second kappa shape index (κ2) is 5.20. The third kappa shape index (κ3) is 2.99. The minimum atomic E-state index is -0.0329. The average molecular weight is 225 g/mol. The molecule has 1 heterocycles. The summed E-state index contributed by atoms with van der Waals surface area (Å²) < 4.78 is 0. The Morgan fingerprint density at radius 1 is 1.12 bits per heavy atom. The van der Waals surface area contributed by atoms with Crippen molar-refractivity contribution in [2.24, 2.45) is 5.41 Å². The molecule has 0 saturated carbocycles. The molecule has 0 radical (unpaired) electrons. The first kappa shape index (κ1) is 13.5. The van der Waals surface area contributed by atoms with Crippen LogP contribution < -0.4 is 5.32 Å². The van der Waals surface area contributed by atoms with Crippen LogP contribution in [0, 0.1) is 5.41 Å². The van der Waals surface area contributed by atoms with Crippen molar-refractivity contribution in [2.75, 3.05) is 0 Å². The van der Waals surface area contributed by atoms with Gasteiger partial charge >= 0.3 is 0 Å². The van der Waals surface area contributed by atoms with Gasteiger partial charge in [0, 0.05) is 12.0 Å². The molecule has 1 fully saturated rings. The summed E-state index contributed by atoms with van der Waals surface area (Å²) in [4.78, 5) is 11.5. The maximum Gasteiger partial charge on any atom is 0.221 e. The molecule has 16 heavy (non-hydrogen) atoms. The molecule has 1 saturated heterocycles. The van der Waals surface area contributed by atoms with Gasteiger partial charge in [0.05, 0.1) is 0 Å². The normalized spacial score (nSPS) is 28.1. The van der Waals surface area contributed by atoms with Crippen molar-refractivity contribution in [2.45, 2.75) is 78.2 Å². The van der Waals surface area contributed by atoms with Crippen molar-refractivity contribution in [3.63, 3.8) is 0 Å². The van der Waals surface area contributed by atoms with E-state index in [9.17, 15) is 4.79 Å². The summed E-state index contributed by atoms with van der Waals surface area (Å²) in [5.41, 5.74) is 0.116. The second-order valence-corrected chi connectivity index (χ2v) is 6.07. The molecule has 0 bridgehead atoms. The smallest absolute Gasteiger partial charge is 0.221 e. The topological polar surface area (TPSA) is 29.1 Å². The standard InChI is InChI=1S/C14H27NO/c1-5-6-7-8-9-10-14(4)11-12(16)15-13(14,2)3/h5-11H2,1-4H3,(H,15,16). The van der Waals surface area contributed by atoms with Gasteiger partial charge in [-0.15, -0.1) is 0 Å². The van der Waals surface area contributed by atoms with Crippen molar-refractivity contribution in [1.82, 2.24) is 5.32 Å². The lowest BCUT2D eigenvalue weighted by atomic mass is 9.70. The number of nitrogens with one attached hydrogen (secondary N) is 1. The highest BCUT2D eigenvalue weighted by Crippen LogP contribution is 2.43. The SMILES string of the molecule is CCCCCCCC1(C)CC(=O)NC1(C)C. The lowest BCUT2D eigenvalue weighted by Gasteiger charge is -2.37. The molecule has 94 valence electrons. The third-order valence-electron chi connectivity index (χ3n) is 4.34. The lowest BCUT2D eigenvalue weighted by Crippen LogP contribution is -2.45. The van der Waals surface area contributed by atoms with Crippen LogP contribution in [0.15, 0.2) is 0 Å². The number of rotatable bonds is 6. The number of carbonyl (C=O) groups is 1. The van der Waals surface area contributed by atoms with Gasteiger partial charge < -0.3 is 5.32 Å². The Kier molecular flexibility index (Phi) is 4.40. The number of hydrogen-bond acceptors (Lipinski definition) is 1. The van der Waals surface area contributed by atoms with Crippen LogP contribution in [0.1, 0.15) is 72.6 Å². The van der Waals surface area contributed by atoms with Crippen molar-refractivity contribution in [1.29, 1.82) is 0 Å². The monoisotopic (exact) mass is 225 g/mol. The molecule has 1 aliphatic heterocycles. The van der Waals surface area contributed by atoms with E-state index in [1.165, 1.54) is 38.5 Å². The summed E-state index contributed by atoms with van der Waals surface area (Å²) in [7, 11) is 0. The average Bonchev–Trinajstić information content (AvgIpc) is 2.35. The first-order chi connectivity index (χ1) is 7.41. The number of amides is 1. The van der Waals surface area contributed by atoms with Crippen LogP contribution in [0.3, 0.4) is 0 Å². The fraction of sp³-hybridized carbons (Fsp3) is 0.929. The molecular formula is C14H27NO. The fourth-order valence-corrected chi connectivity index (χ4v) is 2.64. The van der Waals surface area contributed by atoms with E-state index < -0.39 is 0 Å². The van der Waals surface area contributed by atoms with E-state index in [4.69, 9.17) is 0 Å². The van der Waals surface area contributed by atoms with Crippen LogP contribution in [0.5, 0.6) is 0 Å². The summed E-state index contributed by atoms with van der Waals surface area (Å²) in [6, 6.07) is 0. The summed E-state index contributed by atoms with van der Waals surface area (Å²) in [5, 5.41) is 3.10. The molecule has 1 aliphatic rings. The van der Waals surface area contributed by atoms with Crippen LogP contribution in [0.25, 0.3) is 0 Å². The highest BCUT2D eigenvalue weighted by atomic mass is 16.2. The van der Waals surface area contributed by atoms with E-state index in [2.05, 4.69) is 33.0 Å². The minimum absolute atomic E-state index is 0.0329. The Morgan fingerprint density at radius 3 is 2.25 bits per heavy atom. The van der Waals surface area contributed by atoms with Gasteiger partial charge in [0.2, 0.25) is 5.91 Å². The quantitative estimate of drug-likeness (QED) is 0.687. The highest BCUT2D eigenvalue weighted by Gasteiger charge is 2.48. The summed E-state index contributed by atoms with van der Waals surface area (Å²) in [6.07, 6.45) is 8.42. The fourth-order valence-electron chi connectivity index (χ4n) is 2.64. The van der Waals surface area contributed by atoms with Crippen molar-refractivity contribution in [3.05, 3.63) is 0 Å². The zero-order valence-corrected chi connectivity index (χ0v) is 11.4. The van der Waals surface area contributed by atoms with Gasteiger partial charge in [-0.05, 0) is 25.7 Å². The van der Waals surface area contributed by atoms with Gasteiger partial charge in [-0.1, -0.05) is 46.0 Å². The molecule has 2 nitrogen and oxygen atoms in total. The molecule has 1 unspecified atom stereocenters. The Morgan fingerprint density at radius 2 is 1.75 bits per heavy atom. The van der Waals surface area contributed by atoms with E-state index in [0.29, 0.717) is 6.42 Å². The molecule has 0 aliphatic carbocycles. The van der Waals surface area contributed by atoms with E-state index in [0.717, 1.165) is 0 Å². The van der Waals surface area contributed by atoms with Gasteiger partial charge in [-0.25, -0.2) is 0 Å². The Labute approximate surface area is 100 Å². The Hall–Kier alpha value is -0.530. The number of carbonyl (C=O) groups excluding carboxylic acids is 1. The van der Waals surface area contributed by atoms with Gasteiger partial charge in [0.1, 0.15) is 0 Å². The minimum Gasteiger partial charge on any atom is -0.351 e. The molecule has 0 spiro atoms. The summed E-state index contributed by atoms with van der Waals surface area (Å²) >= 11 is 0. The van der Waals surface area contributed by atoms with E-state index >= 15 is 0 Å². The summed E-state index contributed by atoms with van der Waals surface area (Å²) in [6.45, 7) is 8.81. The maximum atomic E-state index is 11.5. The largest absolute Gasteiger partial charge is 0.351 e. The van der Waals surface area contributed by atoms with E-state index in [1.807, 2.05) is 0 Å². The van der Waals surface area contributed by atoms with E-state index in [-0.39, 0.29) is 16.9 Å². The highest BCUT2D eigenvalue weighted by molar-refractivity contribution is 5.80. The summed E-state index contributed by atoms with van der Waals surface area (Å²) in [5.74, 6) is 0.223. The first-order valence-corrected chi connectivity index (χ1v) is 6.72. The molecule has 1 rings (SSSR count). The molecule has 0 aromatic heterocycles.